The Bertz CT molecular complexity index is 374. The van der Waals surface area contributed by atoms with Gasteiger partial charge in [-0.3, -0.25) is 10.00 Å². The zero-order valence-corrected chi connectivity index (χ0v) is 11.1. The number of aliphatic hydroxyl groups excluding tert-OH is 1. The molecule has 1 fully saturated rings. The fourth-order valence-electron chi connectivity index (χ4n) is 2.50. The van der Waals surface area contributed by atoms with Gasteiger partial charge in [0.05, 0.1) is 13.2 Å². The fraction of sp³-hybridized carbons (Fsp3) is 0.833. The van der Waals surface area contributed by atoms with Crippen molar-refractivity contribution in [1.82, 2.24) is 20.1 Å². The number of aliphatic hydroxyl groups is 1. The second-order valence-corrected chi connectivity index (χ2v) is 5.28. The first-order valence-corrected chi connectivity index (χ1v) is 6.39. The van der Waals surface area contributed by atoms with Gasteiger partial charge in [-0.05, 0) is 26.8 Å². The largest absolute Gasteiger partial charge is 0.396 e. The van der Waals surface area contributed by atoms with Gasteiger partial charge in [0.2, 0.25) is 0 Å². The van der Waals surface area contributed by atoms with Crippen molar-refractivity contribution in [2.45, 2.75) is 26.3 Å². The SMILES string of the molecule is Cc1nc(CN(C)CC2(CO)CCOCC2)n[nH]1. The first-order valence-electron chi connectivity index (χ1n) is 6.39. The predicted molar refractivity (Wildman–Crippen MR) is 67.0 cm³/mol. The van der Waals surface area contributed by atoms with Crippen molar-refractivity contribution in [1.29, 1.82) is 0 Å². The number of aromatic nitrogens is 3. The molecule has 0 radical (unpaired) electrons. The summed E-state index contributed by atoms with van der Waals surface area (Å²) in [7, 11) is 2.04. The number of aromatic amines is 1. The van der Waals surface area contributed by atoms with E-state index in [9.17, 15) is 5.11 Å². The van der Waals surface area contributed by atoms with E-state index in [1.807, 2.05) is 14.0 Å². The molecule has 2 rings (SSSR count). The molecule has 6 nitrogen and oxygen atoms in total. The van der Waals surface area contributed by atoms with Crippen LogP contribution in [-0.2, 0) is 11.3 Å². The molecule has 1 aliphatic rings. The number of hydrogen-bond donors (Lipinski definition) is 2. The first kappa shape index (κ1) is 13.5. The lowest BCUT2D eigenvalue weighted by Crippen LogP contribution is -2.42. The van der Waals surface area contributed by atoms with Crippen LogP contribution in [-0.4, -0.2) is 58.6 Å². The molecule has 0 aromatic carbocycles. The topological polar surface area (TPSA) is 74.3 Å². The lowest BCUT2D eigenvalue weighted by Gasteiger charge is -2.38. The lowest BCUT2D eigenvalue weighted by atomic mass is 9.80. The van der Waals surface area contributed by atoms with Crippen LogP contribution in [0.3, 0.4) is 0 Å². The van der Waals surface area contributed by atoms with Gasteiger partial charge in [-0.15, -0.1) is 0 Å². The summed E-state index contributed by atoms with van der Waals surface area (Å²) in [5.74, 6) is 1.64. The summed E-state index contributed by atoms with van der Waals surface area (Å²) in [5, 5.41) is 16.6. The summed E-state index contributed by atoms with van der Waals surface area (Å²) < 4.78 is 5.37. The van der Waals surface area contributed by atoms with Gasteiger partial charge in [-0.2, -0.15) is 5.10 Å². The average molecular weight is 254 g/mol. The van der Waals surface area contributed by atoms with Crippen molar-refractivity contribution in [3.8, 4) is 0 Å². The van der Waals surface area contributed by atoms with Crippen molar-refractivity contribution in [3.63, 3.8) is 0 Å². The fourth-order valence-corrected chi connectivity index (χ4v) is 2.50. The van der Waals surface area contributed by atoms with Gasteiger partial charge in [0.25, 0.3) is 0 Å². The molecule has 1 aromatic rings. The van der Waals surface area contributed by atoms with Crippen LogP contribution in [0.5, 0.6) is 0 Å². The monoisotopic (exact) mass is 254 g/mol. The van der Waals surface area contributed by atoms with Crippen LogP contribution >= 0.6 is 0 Å². The molecule has 0 aliphatic carbocycles. The van der Waals surface area contributed by atoms with E-state index in [1.165, 1.54) is 0 Å². The van der Waals surface area contributed by atoms with Crippen LogP contribution in [0.4, 0.5) is 0 Å². The highest BCUT2D eigenvalue weighted by Crippen LogP contribution is 2.30. The van der Waals surface area contributed by atoms with Gasteiger partial charge in [-0.25, -0.2) is 4.98 Å². The summed E-state index contributed by atoms with van der Waals surface area (Å²) in [6.45, 7) is 5.15. The lowest BCUT2D eigenvalue weighted by molar-refractivity contribution is -0.0320. The maximum atomic E-state index is 9.64. The van der Waals surface area contributed by atoms with Gasteiger partial charge in [0.15, 0.2) is 5.82 Å². The van der Waals surface area contributed by atoms with E-state index in [0.29, 0.717) is 6.54 Å². The third kappa shape index (κ3) is 3.28. The molecular formula is C12H22N4O2. The minimum atomic E-state index is -0.0294. The number of H-pyrrole nitrogens is 1. The molecule has 1 aromatic heterocycles. The Morgan fingerprint density at radius 1 is 1.44 bits per heavy atom. The smallest absolute Gasteiger partial charge is 0.164 e. The molecule has 0 bridgehead atoms. The van der Waals surface area contributed by atoms with Gasteiger partial charge in [0, 0.05) is 25.2 Å². The summed E-state index contributed by atoms with van der Waals surface area (Å²) in [6, 6.07) is 0. The van der Waals surface area contributed by atoms with Crippen molar-refractivity contribution in [2.24, 2.45) is 5.41 Å². The molecule has 6 heteroatoms. The Kier molecular flexibility index (Phi) is 4.31. The molecule has 0 atom stereocenters. The van der Waals surface area contributed by atoms with E-state index in [1.54, 1.807) is 0 Å². The summed E-state index contributed by atoms with van der Waals surface area (Å²) in [4.78, 5) is 6.47. The van der Waals surface area contributed by atoms with E-state index in [0.717, 1.165) is 44.2 Å². The molecule has 0 spiro atoms. The zero-order chi connectivity index (χ0) is 13.0. The summed E-state index contributed by atoms with van der Waals surface area (Å²) in [5.41, 5.74) is -0.0294. The third-order valence-corrected chi connectivity index (χ3v) is 3.55. The van der Waals surface area contributed by atoms with Crippen LogP contribution in [0.1, 0.15) is 24.5 Å². The Morgan fingerprint density at radius 2 is 2.17 bits per heavy atom. The highest BCUT2D eigenvalue weighted by atomic mass is 16.5. The summed E-state index contributed by atoms with van der Waals surface area (Å²) in [6.07, 6.45) is 1.84. The zero-order valence-electron chi connectivity index (χ0n) is 11.1. The van der Waals surface area contributed by atoms with Gasteiger partial charge >= 0.3 is 0 Å². The van der Waals surface area contributed by atoms with Crippen molar-refractivity contribution in [3.05, 3.63) is 11.6 Å². The van der Waals surface area contributed by atoms with Crippen LogP contribution < -0.4 is 0 Å². The van der Waals surface area contributed by atoms with Crippen molar-refractivity contribution in [2.75, 3.05) is 33.4 Å². The number of nitrogens with zero attached hydrogens (tertiary/aromatic N) is 3. The van der Waals surface area contributed by atoms with E-state index in [-0.39, 0.29) is 12.0 Å². The molecule has 1 aliphatic heterocycles. The predicted octanol–water partition coefficient (Wildman–Crippen LogP) is 0.334. The van der Waals surface area contributed by atoms with E-state index >= 15 is 0 Å². The number of ether oxygens (including phenoxy) is 1. The minimum Gasteiger partial charge on any atom is -0.396 e. The molecule has 2 N–H and O–H groups in total. The van der Waals surface area contributed by atoms with E-state index < -0.39 is 0 Å². The minimum absolute atomic E-state index is 0.0294. The number of nitrogens with one attached hydrogen (secondary N) is 1. The Balaban J connectivity index is 1.90. The number of hydrogen-bond acceptors (Lipinski definition) is 5. The molecule has 18 heavy (non-hydrogen) atoms. The highest BCUT2D eigenvalue weighted by molar-refractivity contribution is 4.89. The van der Waals surface area contributed by atoms with Crippen molar-refractivity contribution < 1.29 is 9.84 Å². The Labute approximate surface area is 107 Å². The number of rotatable bonds is 5. The van der Waals surface area contributed by atoms with E-state index in [2.05, 4.69) is 20.1 Å². The summed E-state index contributed by atoms with van der Waals surface area (Å²) >= 11 is 0. The van der Waals surface area contributed by atoms with Crippen LogP contribution in [0.25, 0.3) is 0 Å². The van der Waals surface area contributed by atoms with Crippen LogP contribution in [0.15, 0.2) is 0 Å². The van der Waals surface area contributed by atoms with E-state index in [4.69, 9.17) is 4.74 Å². The highest BCUT2D eigenvalue weighted by Gasteiger charge is 2.33. The Hall–Kier alpha value is -0.980. The third-order valence-electron chi connectivity index (χ3n) is 3.55. The average Bonchev–Trinajstić information content (AvgIpc) is 2.75. The maximum absolute atomic E-state index is 9.64. The van der Waals surface area contributed by atoms with Crippen LogP contribution in [0.2, 0.25) is 0 Å². The molecule has 2 heterocycles. The second kappa shape index (κ2) is 5.77. The molecule has 1 saturated heterocycles. The molecule has 0 unspecified atom stereocenters. The van der Waals surface area contributed by atoms with Gasteiger partial charge in [0.1, 0.15) is 5.82 Å². The van der Waals surface area contributed by atoms with Crippen LogP contribution in [0, 0.1) is 12.3 Å². The first-order chi connectivity index (χ1) is 8.63. The molecule has 102 valence electrons. The van der Waals surface area contributed by atoms with Crippen molar-refractivity contribution >= 4 is 0 Å². The second-order valence-electron chi connectivity index (χ2n) is 5.28. The normalized spacial score (nSPS) is 19.3. The standard InChI is InChI=1S/C12H22N4O2/c1-10-13-11(15-14-10)7-16(2)8-12(9-17)3-5-18-6-4-12/h17H,3-9H2,1-2H3,(H,13,14,15). The Morgan fingerprint density at radius 3 is 2.72 bits per heavy atom. The molecular weight excluding hydrogens is 232 g/mol. The molecule has 0 saturated carbocycles. The number of aryl methyl sites for hydroxylation is 1. The molecule has 0 amide bonds. The quantitative estimate of drug-likeness (QED) is 0.792. The maximum Gasteiger partial charge on any atom is 0.164 e. The van der Waals surface area contributed by atoms with Gasteiger partial charge < -0.3 is 9.84 Å². The van der Waals surface area contributed by atoms with Gasteiger partial charge in [-0.1, -0.05) is 0 Å².